The first-order valence-corrected chi connectivity index (χ1v) is 6.46. The zero-order valence-electron chi connectivity index (χ0n) is 9.76. The molecule has 0 unspecified atom stereocenters. The minimum Gasteiger partial charge on any atom is -0.365 e. The Labute approximate surface area is 112 Å². The lowest BCUT2D eigenvalue weighted by Gasteiger charge is -2.04. The summed E-state index contributed by atoms with van der Waals surface area (Å²) in [4.78, 5) is 15.8. The topological polar surface area (TPSA) is 56.0 Å². The van der Waals surface area contributed by atoms with E-state index in [2.05, 4.69) is 4.98 Å². The second kappa shape index (κ2) is 4.44. The fourth-order valence-electron chi connectivity index (χ4n) is 1.98. The molecule has 0 saturated carbocycles. The van der Waals surface area contributed by atoms with E-state index in [1.165, 1.54) is 23.5 Å². The van der Waals surface area contributed by atoms with Crippen LogP contribution in [0.1, 0.15) is 9.67 Å². The van der Waals surface area contributed by atoms with E-state index in [9.17, 15) is 9.18 Å². The van der Waals surface area contributed by atoms with Crippen LogP contribution in [0, 0.1) is 5.82 Å². The van der Waals surface area contributed by atoms with Gasteiger partial charge in [-0.1, -0.05) is 6.07 Å². The monoisotopic (exact) mass is 272 g/mol. The van der Waals surface area contributed by atoms with E-state index < -0.39 is 5.91 Å². The molecule has 2 aromatic heterocycles. The molecule has 0 atom stereocenters. The number of benzene rings is 1. The van der Waals surface area contributed by atoms with Gasteiger partial charge < -0.3 is 5.73 Å². The predicted octanol–water partition coefficient (Wildman–Crippen LogP) is 3.20. The summed E-state index contributed by atoms with van der Waals surface area (Å²) in [5, 5.41) is 2.51. The number of pyridine rings is 1. The van der Waals surface area contributed by atoms with Crippen molar-refractivity contribution in [3.8, 4) is 11.1 Å². The largest absolute Gasteiger partial charge is 0.365 e. The van der Waals surface area contributed by atoms with Crippen LogP contribution in [-0.4, -0.2) is 10.9 Å². The number of nitrogens with two attached hydrogens (primary N) is 1. The molecule has 0 radical (unpaired) electrons. The molecule has 2 heterocycles. The number of aromatic nitrogens is 1. The van der Waals surface area contributed by atoms with Crippen molar-refractivity contribution in [3.63, 3.8) is 0 Å². The maximum Gasteiger partial charge on any atom is 0.258 e. The van der Waals surface area contributed by atoms with Crippen molar-refractivity contribution in [2.24, 2.45) is 5.73 Å². The quantitative estimate of drug-likeness (QED) is 0.778. The smallest absolute Gasteiger partial charge is 0.258 e. The Morgan fingerprint density at radius 3 is 2.89 bits per heavy atom. The van der Waals surface area contributed by atoms with E-state index >= 15 is 0 Å². The van der Waals surface area contributed by atoms with Crippen LogP contribution < -0.4 is 5.73 Å². The van der Waals surface area contributed by atoms with Gasteiger partial charge in [0.05, 0.1) is 10.4 Å². The second-order valence-corrected chi connectivity index (χ2v) is 5.00. The fourth-order valence-corrected chi connectivity index (χ4v) is 2.74. The highest BCUT2D eigenvalue weighted by atomic mass is 32.1. The molecular weight excluding hydrogens is 263 g/mol. The van der Waals surface area contributed by atoms with Crippen molar-refractivity contribution in [1.29, 1.82) is 0 Å². The molecule has 3 rings (SSSR count). The van der Waals surface area contributed by atoms with Crippen LogP contribution >= 0.6 is 11.3 Å². The molecule has 0 aliphatic carbocycles. The van der Waals surface area contributed by atoms with Crippen LogP contribution in [0.2, 0.25) is 0 Å². The molecule has 94 valence electrons. The van der Waals surface area contributed by atoms with Gasteiger partial charge in [-0.15, -0.1) is 11.3 Å². The van der Waals surface area contributed by atoms with E-state index in [4.69, 9.17) is 5.73 Å². The predicted molar refractivity (Wildman–Crippen MR) is 73.5 cm³/mol. The van der Waals surface area contributed by atoms with Crippen LogP contribution in [0.25, 0.3) is 22.0 Å². The molecule has 1 amide bonds. The van der Waals surface area contributed by atoms with Crippen molar-refractivity contribution < 1.29 is 9.18 Å². The molecular formula is C14H9FN2OS. The number of nitrogens with zero attached hydrogens (tertiary/aromatic N) is 1. The van der Waals surface area contributed by atoms with Crippen LogP contribution in [0.15, 0.2) is 41.9 Å². The number of fused-ring (bicyclic) bond motifs is 1. The summed E-state index contributed by atoms with van der Waals surface area (Å²) in [6, 6.07) is 8.08. The summed E-state index contributed by atoms with van der Waals surface area (Å²) < 4.78 is 13.6. The number of hydrogen-bond donors (Lipinski definition) is 1. The third-order valence-corrected chi connectivity index (χ3v) is 3.77. The van der Waals surface area contributed by atoms with Crippen LogP contribution in [-0.2, 0) is 0 Å². The number of amides is 1. The SMILES string of the molecule is NC(=O)c1cc(-c2cc(F)cc3cccnc23)cs1. The molecule has 0 fully saturated rings. The van der Waals surface area contributed by atoms with Crippen molar-refractivity contribution in [3.05, 3.63) is 52.6 Å². The van der Waals surface area contributed by atoms with E-state index in [-0.39, 0.29) is 5.82 Å². The van der Waals surface area contributed by atoms with Gasteiger partial charge in [0.25, 0.3) is 5.91 Å². The van der Waals surface area contributed by atoms with E-state index in [1.807, 2.05) is 0 Å². The maximum absolute atomic E-state index is 13.6. The first-order chi connectivity index (χ1) is 9.15. The summed E-state index contributed by atoms with van der Waals surface area (Å²) >= 11 is 1.24. The van der Waals surface area contributed by atoms with Crippen molar-refractivity contribution >= 4 is 28.1 Å². The van der Waals surface area contributed by atoms with E-state index in [1.54, 1.807) is 29.8 Å². The second-order valence-electron chi connectivity index (χ2n) is 4.09. The number of hydrogen-bond acceptors (Lipinski definition) is 3. The summed E-state index contributed by atoms with van der Waals surface area (Å²) in [6.45, 7) is 0. The van der Waals surface area contributed by atoms with Gasteiger partial charge in [-0.2, -0.15) is 0 Å². The highest BCUT2D eigenvalue weighted by Crippen LogP contribution is 2.31. The average molecular weight is 272 g/mol. The minimum absolute atomic E-state index is 0.331. The maximum atomic E-state index is 13.6. The van der Waals surface area contributed by atoms with Gasteiger partial charge in [-0.3, -0.25) is 9.78 Å². The molecule has 1 aromatic carbocycles. The Balaban J connectivity index is 2.26. The van der Waals surface area contributed by atoms with Crippen molar-refractivity contribution in [2.45, 2.75) is 0 Å². The number of primary amides is 1. The Morgan fingerprint density at radius 1 is 1.32 bits per heavy atom. The minimum atomic E-state index is -0.482. The number of carbonyl (C=O) groups excluding carboxylic acids is 1. The number of rotatable bonds is 2. The standard InChI is InChI=1S/C14H9FN2OS/c15-10-4-8-2-1-3-17-13(8)11(6-10)9-5-12(14(16)18)19-7-9/h1-7H,(H2,16,18). The van der Waals surface area contributed by atoms with Gasteiger partial charge in [-0.25, -0.2) is 4.39 Å². The lowest BCUT2D eigenvalue weighted by atomic mass is 10.0. The highest BCUT2D eigenvalue weighted by molar-refractivity contribution is 7.12. The van der Waals surface area contributed by atoms with Crippen LogP contribution in [0.3, 0.4) is 0 Å². The molecule has 0 aliphatic heterocycles. The zero-order valence-corrected chi connectivity index (χ0v) is 10.6. The molecule has 0 saturated heterocycles. The summed E-state index contributed by atoms with van der Waals surface area (Å²) in [6.07, 6.45) is 1.66. The molecule has 2 N–H and O–H groups in total. The first kappa shape index (κ1) is 11.8. The molecule has 5 heteroatoms. The zero-order chi connectivity index (χ0) is 13.4. The van der Waals surface area contributed by atoms with Crippen molar-refractivity contribution in [2.75, 3.05) is 0 Å². The Bertz CT molecular complexity index is 782. The van der Waals surface area contributed by atoms with Gasteiger partial charge >= 0.3 is 0 Å². The van der Waals surface area contributed by atoms with Crippen LogP contribution in [0.5, 0.6) is 0 Å². The third-order valence-electron chi connectivity index (χ3n) is 2.82. The number of thiophene rings is 1. The van der Waals surface area contributed by atoms with Gasteiger partial charge in [0.2, 0.25) is 0 Å². The lowest BCUT2D eigenvalue weighted by molar-refractivity contribution is 0.100. The molecule has 0 bridgehead atoms. The van der Waals surface area contributed by atoms with E-state index in [0.29, 0.717) is 16.0 Å². The normalized spacial score (nSPS) is 10.8. The molecule has 0 aliphatic rings. The number of carbonyl (C=O) groups is 1. The molecule has 3 nitrogen and oxygen atoms in total. The lowest BCUT2D eigenvalue weighted by Crippen LogP contribution is -2.08. The third kappa shape index (κ3) is 2.08. The molecule has 3 aromatic rings. The Kier molecular flexibility index (Phi) is 2.76. The Hall–Kier alpha value is -2.27. The van der Waals surface area contributed by atoms with Gasteiger partial charge in [0.1, 0.15) is 5.82 Å². The van der Waals surface area contributed by atoms with Gasteiger partial charge in [-0.05, 0) is 35.2 Å². The van der Waals surface area contributed by atoms with Crippen molar-refractivity contribution in [1.82, 2.24) is 4.98 Å². The summed E-state index contributed by atoms with van der Waals surface area (Å²) in [7, 11) is 0. The molecule has 0 spiro atoms. The fraction of sp³-hybridized carbons (Fsp3) is 0. The molecule has 19 heavy (non-hydrogen) atoms. The summed E-state index contributed by atoms with van der Waals surface area (Å²) in [5.74, 6) is -0.813. The van der Waals surface area contributed by atoms with Crippen LogP contribution in [0.4, 0.5) is 4.39 Å². The average Bonchev–Trinajstić information content (AvgIpc) is 2.87. The first-order valence-electron chi connectivity index (χ1n) is 5.58. The van der Waals surface area contributed by atoms with E-state index in [0.717, 1.165) is 10.9 Å². The number of halogens is 1. The summed E-state index contributed by atoms with van der Waals surface area (Å²) in [5.41, 5.74) is 7.35. The Morgan fingerprint density at radius 2 is 2.16 bits per heavy atom. The van der Waals surface area contributed by atoms with Gasteiger partial charge in [0, 0.05) is 17.1 Å². The van der Waals surface area contributed by atoms with Gasteiger partial charge in [0.15, 0.2) is 0 Å². The highest BCUT2D eigenvalue weighted by Gasteiger charge is 2.11.